The number of halogens is 1. The highest BCUT2D eigenvalue weighted by Gasteiger charge is 2.20. The molecule has 0 amide bonds. The second kappa shape index (κ2) is 8.28. The number of hydrogen-bond acceptors (Lipinski definition) is 5. The molecular weight excluding hydrogens is 366 g/mol. The molecule has 2 aromatic carbocycles. The van der Waals surface area contributed by atoms with E-state index >= 15 is 0 Å². The van der Waals surface area contributed by atoms with Crippen molar-refractivity contribution in [1.29, 1.82) is 0 Å². The van der Waals surface area contributed by atoms with E-state index in [0.717, 1.165) is 11.8 Å². The number of nitro benzene ring substituents is 1. The lowest BCUT2D eigenvalue weighted by molar-refractivity contribution is -0.384. The van der Waals surface area contributed by atoms with Gasteiger partial charge in [0.15, 0.2) is 0 Å². The maximum atomic E-state index is 12.2. The second-order valence-electron chi connectivity index (χ2n) is 5.38. The van der Waals surface area contributed by atoms with Gasteiger partial charge in [-0.1, -0.05) is 29.8 Å². The Morgan fingerprint density at radius 3 is 2.52 bits per heavy atom. The van der Waals surface area contributed by atoms with E-state index in [1.165, 1.54) is 12.1 Å². The van der Waals surface area contributed by atoms with Crippen LogP contribution in [0.3, 0.4) is 0 Å². The predicted molar refractivity (Wildman–Crippen MR) is 97.6 cm³/mol. The monoisotopic (exact) mass is 383 g/mol. The van der Waals surface area contributed by atoms with Crippen LogP contribution in [0.2, 0.25) is 5.02 Å². The molecule has 0 aliphatic carbocycles. The van der Waals surface area contributed by atoms with Gasteiger partial charge >= 0.3 is 0 Å². The van der Waals surface area contributed by atoms with Crippen molar-refractivity contribution in [3.8, 4) is 0 Å². The fourth-order valence-electron chi connectivity index (χ4n) is 2.22. The topological polar surface area (TPSA) is 92.6 Å². The minimum absolute atomic E-state index is 0.103. The van der Waals surface area contributed by atoms with Crippen molar-refractivity contribution in [2.45, 2.75) is 11.3 Å². The van der Waals surface area contributed by atoms with Crippen molar-refractivity contribution >= 4 is 33.0 Å². The third-order valence-electron chi connectivity index (χ3n) is 3.58. The van der Waals surface area contributed by atoms with E-state index < -0.39 is 20.6 Å². The van der Waals surface area contributed by atoms with Crippen LogP contribution in [0.5, 0.6) is 0 Å². The molecule has 0 fully saturated rings. The molecular formula is C16H18ClN3O4S. The van der Waals surface area contributed by atoms with Gasteiger partial charge in [0.1, 0.15) is 5.02 Å². The van der Waals surface area contributed by atoms with Crippen molar-refractivity contribution in [3.05, 3.63) is 63.7 Å². The summed E-state index contributed by atoms with van der Waals surface area (Å²) >= 11 is 5.70. The van der Waals surface area contributed by atoms with Gasteiger partial charge in [0.2, 0.25) is 10.0 Å². The van der Waals surface area contributed by atoms with E-state index in [1.807, 2.05) is 42.3 Å². The third-order valence-corrected chi connectivity index (χ3v) is 5.36. The number of nitro groups is 1. The zero-order chi connectivity index (χ0) is 18.4. The number of sulfonamides is 1. The average molecular weight is 384 g/mol. The van der Waals surface area contributed by atoms with E-state index in [1.54, 1.807) is 0 Å². The molecule has 134 valence electrons. The molecule has 2 rings (SSSR count). The number of nitrogens with one attached hydrogen (secondary N) is 1. The molecule has 0 atom stereocenters. The molecule has 0 saturated carbocycles. The normalized spacial score (nSPS) is 11.3. The van der Waals surface area contributed by atoms with Gasteiger partial charge in [-0.05, 0) is 30.7 Å². The first-order valence-corrected chi connectivity index (χ1v) is 9.37. The van der Waals surface area contributed by atoms with Crippen molar-refractivity contribution in [2.24, 2.45) is 0 Å². The molecule has 0 spiro atoms. The highest BCUT2D eigenvalue weighted by atomic mass is 35.5. The molecule has 1 N–H and O–H groups in total. The quantitative estimate of drug-likeness (QED) is 0.429. The van der Waals surface area contributed by atoms with Crippen molar-refractivity contribution < 1.29 is 13.3 Å². The number of hydrogen-bond donors (Lipinski definition) is 1. The number of nitrogens with zero attached hydrogens (tertiary/aromatic N) is 2. The van der Waals surface area contributed by atoms with Gasteiger partial charge in [-0.25, -0.2) is 13.1 Å². The van der Waals surface area contributed by atoms with Crippen LogP contribution in [0.25, 0.3) is 0 Å². The van der Waals surface area contributed by atoms with Crippen molar-refractivity contribution in [2.75, 3.05) is 25.0 Å². The smallest absolute Gasteiger partial charge is 0.289 e. The summed E-state index contributed by atoms with van der Waals surface area (Å²) in [6.45, 7) is 0.878. The fourth-order valence-corrected chi connectivity index (χ4v) is 3.50. The summed E-state index contributed by atoms with van der Waals surface area (Å²) in [6.07, 6.45) is 0.584. The lowest BCUT2D eigenvalue weighted by Gasteiger charge is -2.19. The van der Waals surface area contributed by atoms with E-state index in [-0.39, 0.29) is 16.5 Å². The Bertz CT molecular complexity index is 844. The number of para-hydroxylation sites is 1. The van der Waals surface area contributed by atoms with Gasteiger partial charge in [-0.15, -0.1) is 0 Å². The highest BCUT2D eigenvalue weighted by molar-refractivity contribution is 7.89. The molecule has 0 aliphatic rings. The van der Waals surface area contributed by atoms with Crippen molar-refractivity contribution in [3.63, 3.8) is 0 Å². The lowest BCUT2D eigenvalue weighted by Crippen LogP contribution is -2.28. The molecule has 0 unspecified atom stereocenters. The summed E-state index contributed by atoms with van der Waals surface area (Å²) in [5.41, 5.74) is 0.604. The minimum atomic E-state index is -3.83. The van der Waals surface area contributed by atoms with E-state index in [4.69, 9.17) is 11.6 Å². The molecule has 0 radical (unpaired) electrons. The summed E-state index contributed by atoms with van der Waals surface area (Å²) in [5.74, 6) is 0. The molecule has 7 nitrogen and oxygen atoms in total. The first kappa shape index (κ1) is 19.2. The fraction of sp³-hybridized carbons (Fsp3) is 0.250. The van der Waals surface area contributed by atoms with E-state index in [9.17, 15) is 18.5 Å². The first-order valence-electron chi connectivity index (χ1n) is 7.51. The Kier molecular flexibility index (Phi) is 6.35. The molecule has 0 bridgehead atoms. The second-order valence-corrected chi connectivity index (χ2v) is 7.55. The maximum Gasteiger partial charge on any atom is 0.289 e. The van der Waals surface area contributed by atoms with Crippen LogP contribution in [-0.2, 0) is 10.0 Å². The zero-order valence-electron chi connectivity index (χ0n) is 13.6. The van der Waals surface area contributed by atoms with Crippen LogP contribution >= 0.6 is 11.6 Å². The summed E-state index contributed by atoms with van der Waals surface area (Å²) in [6, 6.07) is 13.1. The number of benzene rings is 2. The van der Waals surface area contributed by atoms with Gasteiger partial charge in [-0.2, -0.15) is 0 Å². The molecule has 9 heteroatoms. The molecule has 0 aliphatic heterocycles. The van der Waals surface area contributed by atoms with Gasteiger partial charge in [0.25, 0.3) is 5.69 Å². The van der Waals surface area contributed by atoms with Crippen LogP contribution in [0.1, 0.15) is 6.42 Å². The number of rotatable bonds is 8. The van der Waals surface area contributed by atoms with Gasteiger partial charge < -0.3 is 4.90 Å². The van der Waals surface area contributed by atoms with Gasteiger partial charge in [-0.3, -0.25) is 10.1 Å². The summed E-state index contributed by atoms with van der Waals surface area (Å²) in [7, 11) is -1.90. The van der Waals surface area contributed by atoms with Crippen LogP contribution in [0, 0.1) is 10.1 Å². The Labute approximate surface area is 151 Å². The maximum absolute atomic E-state index is 12.2. The SMILES string of the molecule is CN(CCCNS(=O)(=O)c1ccc(Cl)c([N+](=O)[O-])c1)c1ccccc1. The van der Waals surface area contributed by atoms with Crippen LogP contribution in [0.15, 0.2) is 53.4 Å². The summed E-state index contributed by atoms with van der Waals surface area (Å²) < 4.78 is 26.9. The molecule has 0 saturated heterocycles. The Hall–Kier alpha value is -2.16. The van der Waals surface area contributed by atoms with Crippen LogP contribution < -0.4 is 9.62 Å². The summed E-state index contributed by atoms with van der Waals surface area (Å²) in [4.78, 5) is 12.0. The van der Waals surface area contributed by atoms with Gasteiger partial charge in [0.05, 0.1) is 9.82 Å². The van der Waals surface area contributed by atoms with Crippen molar-refractivity contribution in [1.82, 2.24) is 4.72 Å². The highest BCUT2D eigenvalue weighted by Crippen LogP contribution is 2.26. The zero-order valence-corrected chi connectivity index (χ0v) is 15.1. The van der Waals surface area contributed by atoms with E-state index in [0.29, 0.717) is 13.0 Å². The molecule has 2 aromatic rings. The average Bonchev–Trinajstić information content (AvgIpc) is 2.59. The summed E-state index contributed by atoms with van der Waals surface area (Å²) in [5, 5.41) is 10.8. The van der Waals surface area contributed by atoms with E-state index in [2.05, 4.69) is 4.72 Å². The minimum Gasteiger partial charge on any atom is -0.375 e. The largest absolute Gasteiger partial charge is 0.375 e. The van der Waals surface area contributed by atoms with Crippen LogP contribution in [-0.4, -0.2) is 33.5 Å². The third kappa shape index (κ3) is 5.15. The lowest BCUT2D eigenvalue weighted by atomic mass is 10.3. The Morgan fingerprint density at radius 2 is 1.88 bits per heavy atom. The predicted octanol–water partition coefficient (Wildman–Crippen LogP) is 3.05. The van der Waals surface area contributed by atoms with Crippen LogP contribution in [0.4, 0.5) is 11.4 Å². The van der Waals surface area contributed by atoms with Gasteiger partial charge in [0, 0.05) is 31.9 Å². The molecule has 0 heterocycles. The molecule has 25 heavy (non-hydrogen) atoms. The number of anilines is 1. The molecule has 0 aromatic heterocycles. The standard InChI is InChI=1S/C16H18ClN3O4S/c1-19(13-6-3-2-4-7-13)11-5-10-18-25(23,24)14-8-9-15(17)16(12-14)20(21)22/h2-4,6-9,12,18H,5,10-11H2,1H3. The Morgan fingerprint density at radius 1 is 1.20 bits per heavy atom. The first-order chi connectivity index (χ1) is 11.8. The Balaban J connectivity index is 1.94.